The van der Waals surface area contributed by atoms with Crippen LogP contribution in [0.5, 0.6) is 0 Å². The van der Waals surface area contributed by atoms with Crippen LogP contribution >= 0.6 is 0 Å². The van der Waals surface area contributed by atoms with E-state index >= 15 is 0 Å². The van der Waals surface area contributed by atoms with E-state index < -0.39 is 17.3 Å². The van der Waals surface area contributed by atoms with E-state index in [9.17, 15) is 14.4 Å². The van der Waals surface area contributed by atoms with Crippen LogP contribution in [-0.2, 0) is 0 Å². The number of rotatable bonds is 7. The van der Waals surface area contributed by atoms with Crippen molar-refractivity contribution in [1.82, 2.24) is 9.78 Å². The Bertz CT molecular complexity index is 1230. The molecule has 0 saturated heterocycles. The molecule has 0 unspecified atom stereocenters. The second-order valence-electron chi connectivity index (χ2n) is 7.26. The quantitative estimate of drug-likeness (QED) is 0.182. The molecule has 3 aromatic carbocycles. The molecule has 0 spiro atoms. The molecule has 0 N–H and O–H groups in total. The van der Waals surface area contributed by atoms with Gasteiger partial charge in [-0.1, -0.05) is 90.5 Å². The predicted molar refractivity (Wildman–Crippen MR) is 122 cm³/mol. The summed E-state index contributed by atoms with van der Waals surface area (Å²) in [6.45, 7) is 1.92. The summed E-state index contributed by atoms with van der Waals surface area (Å²) in [6.07, 6.45) is 3.05. The molecule has 0 amide bonds. The zero-order valence-electron chi connectivity index (χ0n) is 17.4. The number of hydrogen-bond donors (Lipinski definition) is 0. The van der Waals surface area contributed by atoms with Crippen molar-refractivity contribution < 1.29 is 14.4 Å². The van der Waals surface area contributed by atoms with Gasteiger partial charge < -0.3 is 0 Å². The lowest BCUT2D eigenvalue weighted by Gasteiger charge is -2.14. The van der Waals surface area contributed by atoms with E-state index in [2.05, 4.69) is 5.10 Å². The highest BCUT2D eigenvalue weighted by atomic mass is 16.2. The average Bonchev–Trinajstić information content (AvgIpc) is 3.37. The second-order valence-corrected chi connectivity index (χ2v) is 7.26. The van der Waals surface area contributed by atoms with Gasteiger partial charge in [-0.2, -0.15) is 5.10 Å². The van der Waals surface area contributed by atoms with E-state index in [0.717, 1.165) is 5.56 Å². The molecular formula is C27H20N2O3. The molecule has 4 rings (SSSR count). The topological polar surface area (TPSA) is 69.0 Å². The van der Waals surface area contributed by atoms with Gasteiger partial charge in [0.25, 0.3) is 0 Å². The first-order valence-electron chi connectivity index (χ1n) is 10.1. The van der Waals surface area contributed by atoms with E-state index in [1.807, 2.05) is 19.1 Å². The molecule has 1 heterocycles. The average molecular weight is 420 g/mol. The first-order valence-corrected chi connectivity index (χ1v) is 10.1. The monoisotopic (exact) mass is 420 g/mol. The lowest BCUT2D eigenvalue weighted by Crippen LogP contribution is -2.23. The second kappa shape index (κ2) is 9.18. The van der Waals surface area contributed by atoms with Gasteiger partial charge in [-0.25, -0.2) is 4.68 Å². The fourth-order valence-electron chi connectivity index (χ4n) is 3.36. The summed E-state index contributed by atoms with van der Waals surface area (Å²) in [6, 6.07) is 25.5. The van der Waals surface area contributed by atoms with Gasteiger partial charge in [-0.3, -0.25) is 14.4 Å². The van der Waals surface area contributed by atoms with Gasteiger partial charge in [0.1, 0.15) is 11.3 Å². The van der Waals surface area contributed by atoms with Gasteiger partial charge in [-0.05, 0) is 13.0 Å². The number of hydrogen-bond acceptors (Lipinski definition) is 4. The Morgan fingerprint density at radius 2 is 1.12 bits per heavy atom. The third-order valence-electron chi connectivity index (χ3n) is 5.03. The molecule has 0 atom stereocenters. The molecular weight excluding hydrogens is 400 g/mol. The molecule has 156 valence electrons. The maximum absolute atomic E-state index is 13.6. The van der Waals surface area contributed by atoms with Crippen LogP contribution in [0.2, 0.25) is 0 Å². The maximum atomic E-state index is 13.6. The van der Waals surface area contributed by atoms with Crippen molar-refractivity contribution >= 4 is 23.0 Å². The Kier molecular flexibility index (Phi) is 5.99. The van der Waals surface area contributed by atoms with E-state index in [4.69, 9.17) is 0 Å². The van der Waals surface area contributed by atoms with Crippen molar-refractivity contribution in [1.29, 1.82) is 0 Å². The molecule has 0 aliphatic rings. The van der Waals surface area contributed by atoms with Gasteiger partial charge in [0.05, 0.1) is 0 Å². The summed E-state index contributed by atoms with van der Waals surface area (Å²) >= 11 is 0. The number of ketones is 3. The highest BCUT2D eigenvalue weighted by Crippen LogP contribution is 2.24. The minimum absolute atomic E-state index is 0.0819. The zero-order valence-corrected chi connectivity index (χ0v) is 17.4. The van der Waals surface area contributed by atoms with Crippen LogP contribution in [0.15, 0.2) is 109 Å². The summed E-state index contributed by atoms with van der Waals surface area (Å²) in [5.41, 5.74) is 1.67. The predicted octanol–water partition coefficient (Wildman–Crippen LogP) is 5.05. The van der Waals surface area contributed by atoms with Crippen LogP contribution in [0.4, 0.5) is 0 Å². The highest BCUT2D eigenvalue weighted by Gasteiger charge is 2.30. The van der Waals surface area contributed by atoms with Crippen LogP contribution in [0.1, 0.15) is 36.6 Å². The fourth-order valence-corrected chi connectivity index (χ4v) is 3.36. The van der Waals surface area contributed by atoms with Gasteiger partial charge in [0.15, 0.2) is 11.6 Å². The molecule has 0 bridgehead atoms. The largest absolute Gasteiger partial charge is 0.288 e. The minimum atomic E-state index is -0.537. The first kappa shape index (κ1) is 20.9. The standard InChI is InChI=1S/C27H20N2O3/c1-19-13-15-22(16-14-19)27(32)24(29-18-8-17-28-29)23(25(30)20-9-4-2-5-10-20)26(31)21-11-6-3-7-12-21/h2-18H,1H3. The third kappa shape index (κ3) is 4.23. The van der Waals surface area contributed by atoms with Crippen LogP contribution in [0.25, 0.3) is 5.70 Å². The Morgan fingerprint density at radius 1 is 0.625 bits per heavy atom. The highest BCUT2D eigenvalue weighted by molar-refractivity contribution is 6.41. The fraction of sp³-hybridized carbons (Fsp3) is 0.0370. The van der Waals surface area contributed by atoms with Gasteiger partial charge in [0.2, 0.25) is 5.78 Å². The molecule has 0 radical (unpaired) electrons. The Labute approximate surface area is 185 Å². The molecule has 5 nitrogen and oxygen atoms in total. The van der Waals surface area contributed by atoms with Gasteiger partial charge >= 0.3 is 0 Å². The third-order valence-corrected chi connectivity index (χ3v) is 5.03. The summed E-state index contributed by atoms with van der Waals surface area (Å²) in [7, 11) is 0. The number of nitrogens with zero attached hydrogens (tertiary/aromatic N) is 2. The summed E-state index contributed by atoms with van der Waals surface area (Å²) in [4.78, 5) is 40.9. The number of carbonyl (C=O) groups excluding carboxylic acids is 3. The Morgan fingerprint density at radius 3 is 1.59 bits per heavy atom. The zero-order chi connectivity index (χ0) is 22.5. The molecule has 0 saturated carbocycles. The van der Waals surface area contributed by atoms with Crippen LogP contribution in [0, 0.1) is 6.92 Å². The maximum Gasteiger partial charge on any atom is 0.212 e. The molecule has 0 aliphatic carbocycles. The van der Waals surface area contributed by atoms with E-state index in [0.29, 0.717) is 16.7 Å². The van der Waals surface area contributed by atoms with Gasteiger partial charge in [0, 0.05) is 29.1 Å². The van der Waals surface area contributed by atoms with Crippen molar-refractivity contribution in [2.75, 3.05) is 0 Å². The molecule has 4 aromatic rings. The molecule has 5 heteroatoms. The summed E-state index contributed by atoms with van der Waals surface area (Å²) < 4.78 is 1.29. The number of carbonyl (C=O) groups is 3. The lowest BCUT2D eigenvalue weighted by molar-refractivity contribution is 0.0950. The summed E-state index contributed by atoms with van der Waals surface area (Å²) in [5, 5.41) is 4.19. The molecule has 1 aromatic heterocycles. The lowest BCUT2D eigenvalue weighted by atomic mass is 9.91. The van der Waals surface area contributed by atoms with Crippen LogP contribution in [0.3, 0.4) is 0 Å². The van der Waals surface area contributed by atoms with Crippen molar-refractivity contribution in [3.8, 4) is 0 Å². The molecule has 32 heavy (non-hydrogen) atoms. The van der Waals surface area contributed by atoms with E-state index in [-0.39, 0.29) is 11.3 Å². The Balaban J connectivity index is 1.99. The number of benzene rings is 3. The van der Waals surface area contributed by atoms with E-state index in [1.54, 1.807) is 85.1 Å². The van der Waals surface area contributed by atoms with Crippen LogP contribution < -0.4 is 0 Å². The van der Waals surface area contributed by atoms with Crippen LogP contribution in [-0.4, -0.2) is 27.1 Å². The number of Topliss-reactive ketones (excluding diaryl/α,β-unsaturated/α-hetero) is 3. The number of allylic oxidation sites excluding steroid dienone is 2. The van der Waals surface area contributed by atoms with Crippen molar-refractivity contribution in [3.63, 3.8) is 0 Å². The minimum Gasteiger partial charge on any atom is -0.288 e. The van der Waals surface area contributed by atoms with Crippen molar-refractivity contribution in [2.45, 2.75) is 6.92 Å². The SMILES string of the molecule is Cc1ccc(C(=O)C(=C(C(=O)c2ccccc2)C(=O)c2ccccc2)n2cccn2)cc1. The molecule has 0 fully saturated rings. The first-order chi connectivity index (χ1) is 15.6. The van der Waals surface area contributed by atoms with Crippen molar-refractivity contribution in [2.24, 2.45) is 0 Å². The Hall–Kier alpha value is -4.38. The van der Waals surface area contributed by atoms with E-state index in [1.165, 1.54) is 10.9 Å². The number of aryl methyl sites for hydroxylation is 1. The summed E-state index contributed by atoms with van der Waals surface area (Å²) in [5.74, 6) is -1.53. The smallest absolute Gasteiger partial charge is 0.212 e. The van der Waals surface area contributed by atoms with Gasteiger partial charge in [-0.15, -0.1) is 0 Å². The molecule has 0 aliphatic heterocycles. The number of aromatic nitrogens is 2. The van der Waals surface area contributed by atoms with Crippen molar-refractivity contribution in [3.05, 3.63) is 131 Å². The normalized spacial score (nSPS) is 10.4.